The van der Waals surface area contributed by atoms with Crippen LogP contribution in [0, 0.1) is 0 Å². The number of hydrogen-bond acceptors (Lipinski definition) is 5. The van der Waals surface area contributed by atoms with E-state index in [1.807, 2.05) is 0 Å². The fraction of sp³-hybridized carbons (Fsp3) is 0.875. The third-order valence-electron chi connectivity index (χ3n) is 1.43. The smallest absolute Gasteiger partial charge is 0.475 e. The minimum Gasteiger partial charge on any atom is -0.479 e. The number of aliphatic carboxylic acids is 1. The van der Waals surface area contributed by atoms with E-state index in [1.165, 1.54) is 13.8 Å². The lowest BCUT2D eigenvalue weighted by molar-refractivity contribution is -0.154. The number of carbonyl (C=O) groups is 1. The first-order chi connectivity index (χ1) is 6.77. The van der Waals surface area contributed by atoms with Gasteiger partial charge in [-0.2, -0.15) is 0 Å². The quantitative estimate of drug-likeness (QED) is 0.686. The summed E-state index contributed by atoms with van der Waals surface area (Å²) in [4.78, 5) is 10.8. The molecular formula is C8H17O6P. The molecule has 6 nitrogen and oxygen atoms in total. The second-order valence-electron chi connectivity index (χ2n) is 3.19. The van der Waals surface area contributed by atoms with Crippen molar-refractivity contribution in [2.45, 2.75) is 33.3 Å². The lowest BCUT2D eigenvalue weighted by Gasteiger charge is -2.25. The van der Waals surface area contributed by atoms with Crippen LogP contribution in [0.1, 0.15) is 27.7 Å². The third-order valence-corrected chi connectivity index (χ3v) is 3.26. The predicted octanol–water partition coefficient (Wildman–Crippen LogP) is 2.05. The molecule has 0 spiro atoms. The Hall–Kier alpha value is -0.420. The molecule has 0 aromatic heterocycles. The van der Waals surface area contributed by atoms with E-state index in [1.54, 1.807) is 13.8 Å². The molecule has 0 fully saturated rings. The average Bonchev–Trinajstić information content (AvgIpc) is 2.02. The summed E-state index contributed by atoms with van der Waals surface area (Å²) in [5.41, 5.74) is -1.61. The van der Waals surface area contributed by atoms with Crippen LogP contribution >= 0.6 is 7.82 Å². The fourth-order valence-electron chi connectivity index (χ4n) is 0.725. The van der Waals surface area contributed by atoms with Gasteiger partial charge in [-0.1, -0.05) is 0 Å². The lowest BCUT2D eigenvalue weighted by Crippen LogP contribution is -2.34. The topological polar surface area (TPSA) is 82.1 Å². The van der Waals surface area contributed by atoms with Crippen LogP contribution in [-0.4, -0.2) is 29.9 Å². The van der Waals surface area contributed by atoms with Crippen LogP contribution in [0.2, 0.25) is 0 Å². The Morgan fingerprint density at radius 2 is 1.67 bits per heavy atom. The zero-order valence-corrected chi connectivity index (χ0v) is 10.2. The molecule has 0 aliphatic carbocycles. The van der Waals surface area contributed by atoms with E-state index in [9.17, 15) is 9.36 Å². The van der Waals surface area contributed by atoms with Gasteiger partial charge in [0, 0.05) is 0 Å². The van der Waals surface area contributed by atoms with Crippen LogP contribution in [0.4, 0.5) is 0 Å². The van der Waals surface area contributed by atoms with Gasteiger partial charge in [0.15, 0.2) is 5.60 Å². The van der Waals surface area contributed by atoms with E-state index in [4.69, 9.17) is 18.7 Å². The van der Waals surface area contributed by atoms with Crippen molar-refractivity contribution in [1.29, 1.82) is 0 Å². The summed E-state index contributed by atoms with van der Waals surface area (Å²) in [6.45, 7) is 6.02. The molecule has 0 aromatic rings. The van der Waals surface area contributed by atoms with Gasteiger partial charge in [-0.15, -0.1) is 0 Å². The molecule has 1 N–H and O–H groups in total. The molecule has 90 valence electrons. The lowest BCUT2D eigenvalue weighted by atomic mass is 10.1. The molecule has 0 heterocycles. The van der Waals surface area contributed by atoms with E-state index in [0.29, 0.717) is 0 Å². The fourth-order valence-corrected chi connectivity index (χ4v) is 2.17. The van der Waals surface area contributed by atoms with Gasteiger partial charge in [0.25, 0.3) is 0 Å². The Bertz CT molecular complexity index is 252. The first-order valence-corrected chi connectivity index (χ1v) is 6.06. The molecule has 0 amide bonds. The minimum atomic E-state index is -3.78. The molecule has 0 atom stereocenters. The van der Waals surface area contributed by atoms with Crippen LogP contribution in [0.25, 0.3) is 0 Å². The average molecular weight is 240 g/mol. The van der Waals surface area contributed by atoms with Crippen molar-refractivity contribution in [2.75, 3.05) is 13.2 Å². The van der Waals surface area contributed by atoms with Crippen LogP contribution in [-0.2, 0) is 22.9 Å². The molecule has 0 radical (unpaired) electrons. The molecule has 0 aliphatic heterocycles. The van der Waals surface area contributed by atoms with Crippen LogP contribution in [0.15, 0.2) is 0 Å². The molecule has 0 aliphatic rings. The SMILES string of the molecule is CCOP(=O)(OCC)OC(C)(C)C(=O)O. The Balaban J connectivity index is 4.68. The standard InChI is InChI=1S/C8H17O6P/c1-5-12-15(11,13-6-2)14-8(3,4)7(9)10/h5-6H2,1-4H3,(H,9,10). The Morgan fingerprint density at radius 3 is 1.93 bits per heavy atom. The number of carboxylic acid groups (broad SMARTS) is 1. The molecule has 0 bridgehead atoms. The van der Waals surface area contributed by atoms with Gasteiger partial charge >= 0.3 is 13.8 Å². The summed E-state index contributed by atoms with van der Waals surface area (Å²) in [7, 11) is -3.78. The van der Waals surface area contributed by atoms with Crippen molar-refractivity contribution in [3.8, 4) is 0 Å². The summed E-state index contributed by atoms with van der Waals surface area (Å²) < 4.78 is 26.3. The number of phosphoric acid groups is 1. The van der Waals surface area contributed by atoms with Gasteiger partial charge in [0.05, 0.1) is 13.2 Å². The van der Waals surface area contributed by atoms with Crippen LogP contribution in [0.3, 0.4) is 0 Å². The van der Waals surface area contributed by atoms with Gasteiger partial charge < -0.3 is 5.11 Å². The van der Waals surface area contributed by atoms with E-state index in [-0.39, 0.29) is 13.2 Å². The highest BCUT2D eigenvalue weighted by Crippen LogP contribution is 2.52. The Morgan fingerprint density at radius 1 is 1.27 bits per heavy atom. The van der Waals surface area contributed by atoms with Crippen molar-refractivity contribution >= 4 is 13.8 Å². The number of phosphoric ester groups is 1. The Kier molecular flexibility index (Phi) is 5.45. The summed E-state index contributed by atoms with van der Waals surface area (Å²) in [5.74, 6) is -1.23. The molecule has 0 unspecified atom stereocenters. The first-order valence-electron chi connectivity index (χ1n) is 4.60. The molecule has 7 heteroatoms. The maximum atomic E-state index is 11.8. The van der Waals surface area contributed by atoms with Gasteiger partial charge in [-0.3, -0.25) is 13.6 Å². The zero-order valence-electron chi connectivity index (χ0n) is 9.35. The van der Waals surface area contributed by atoms with Crippen LogP contribution in [0.5, 0.6) is 0 Å². The highest BCUT2D eigenvalue weighted by Gasteiger charge is 2.39. The molecule has 0 saturated carbocycles. The first kappa shape index (κ1) is 14.6. The number of rotatable bonds is 7. The summed E-state index contributed by atoms with van der Waals surface area (Å²) >= 11 is 0. The summed E-state index contributed by atoms with van der Waals surface area (Å²) in [6, 6.07) is 0. The van der Waals surface area contributed by atoms with Gasteiger partial charge in [-0.25, -0.2) is 9.36 Å². The largest absolute Gasteiger partial charge is 0.479 e. The molecular weight excluding hydrogens is 223 g/mol. The second-order valence-corrected chi connectivity index (χ2v) is 4.78. The van der Waals surface area contributed by atoms with Crippen molar-refractivity contribution in [2.24, 2.45) is 0 Å². The highest BCUT2D eigenvalue weighted by molar-refractivity contribution is 7.48. The zero-order chi connectivity index (χ0) is 12.1. The van der Waals surface area contributed by atoms with Crippen LogP contribution < -0.4 is 0 Å². The second kappa shape index (κ2) is 5.61. The van der Waals surface area contributed by atoms with Gasteiger partial charge in [0.1, 0.15) is 0 Å². The molecule has 15 heavy (non-hydrogen) atoms. The summed E-state index contributed by atoms with van der Waals surface area (Å²) in [5, 5.41) is 8.78. The van der Waals surface area contributed by atoms with Gasteiger partial charge in [-0.05, 0) is 27.7 Å². The van der Waals surface area contributed by atoms with Crippen molar-refractivity contribution in [1.82, 2.24) is 0 Å². The number of hydrogen-bond donors (Lipinski definition) is 1. The maximum absolute atomic E-state index is 11.8. The van der Waals surface area contributed by atoms with Crippen molar-refractivity contribution < 1.29 is 28.0 Å². The van der Waals surface area contributed by atoms with E-state index in [0.717, 1.165) is 0 Å². The molecule has 0 aromatic carbocycles. The highest BCUT2D eigenvalue weighted by atomic mass is 31.2. The number of carboxylic acids is 1. The maximum Gasteiger partial charge on any atom is 0.475 e. The van der Waals surface area contributed by atoms with Crippen molar-refractivity contribution in [3.63, 3.8) is 0 Å². The molecule has 0 rings (SSSR count). The minimum absolute atomic E-state index is 0.118. The van der Waals surface area contributed by atoms with E-state index in [2.05, 4.69) is 0 Å². The van der Waals surface area contributed by atoms with Gasteiger partial charge in [0.2, 0.25) is 0 Å². The third kappa shape index (κ3) is 4.75. The van der Waals surface area contributed by atoms with Crippen molar-refractivity contribution in [3.05, 3.63) is 0 Å². The monoisotopic (exact) mass is 240 g/mol. The van der Waals surface area contributed by atoms with E-state index < -0.39 is 19.4 Å². The summed E-state index contributed by atoms with van der Waals surface area (Å²) in [6.07, 6.45) is 0. The predicted molar refractivity (Wildman–Crippen MR) is 53.7 cm³/mol. The normalized spacial score (nSPS) is 12.8. The Labute approximate surface area is 89.1 Å². The molecule has 0 saturated heterocycles. The van der Waals surface area contributed by atoms with E-state index >= 15 is 0 Å².